The number of carbonyl (C=O) groups is 2. The highest BCUT2D eigenvalue weighted by Crippen LogP contribution is 2.36. The third kappa shape index (κ3) is 9.71. The molecule has 0 aliphatic carbocycles. The van der Waals surface area contributed by atoms with Crippen molar-refractivity contribution in [3.63, 3.8) is 0 Å². The number of halogens is 7. The van der Waals surface area contributed by atoms with Gasteiger partial charge in [0.05, 0.1) is 24.3 Å². The van der Waals surface area contributed by atoms with Gasteiger partial charge in [-0.25, -0.2) is 9.59 Å². The van der Waals surface area contributed by atoms with Gasteiger partial charge in [0.1, 0.15) is 0 Å². The van der Waals surface area contributed by atoms with Crippen molar-refractivity contribution < 1.29 is 50.9 Å². The van der Waals surface area contributed by atoms with Crippen LogP contribution in [0.3, 0.4) is 0 Å². The van der Waals surface area contributed by atoms with Crippen LogP contribution < -0.4 is 0 Å². The molecule has 0 saturated carbocycles. The number of carboxylic acids is 2. The van der Waals surface area contributed by atoms with Crippen molar-refractivity contribution in [2.45, 2.75) is 25.4 Å². The molecule has 170 valence electrons. The number of aliphatic carboxylic acids is 2. The van der Waals surface area contributed by atoms with Crippen LogP contribution in [0.15, 0.2) is 42.5 Å². The monoisotopic (exact) mass is 472 g/mol. The van der Waals surface area contributed by atoms with E-state index in [0.717, 1.165) is 5.56 Å². The van der Waals surface area contributed by atoms with E-state index in [1.807, 2.05) is 0 Å². The molecule has 0 radical (unpaired) electrons. The molecule has 2 N–H and O–H groups in total. The Morgan fingerprint density at radius 3 is 1.77 bits per heavy atom. The fraction of sp³-hybridized carbons (Fsp3) is 0.263. The summed E-state index contributed by atoms with van der Waals surface area (Å²) in [6, 6.07) is 8.34. The first-order valence-corrected chi connectivity index (χ1v) is 8.64. The van der Waals surface area contributed by atoms with Gasteiger partial charge < -0.3 is 14.9 Å². The van der Waals surface area contributed by atoms with Gasteiger partial charge >= 0.3 is 24.3 Å². The third-order valence-electron chi connectivity index (χ3n) is 3.52. The van der Waals surface area contributed by atoms with Crippen LogP contribution in [0.2, 0.25) is 5.02 Å². The number of rotatable bonds is 5. The lowest BCUT2D eigenvalue weighted by atomic mass is 10.1. The molecule has 0 aliphatic rings. The van der Waals surface area contributed by atoms with Crippen molar-refractivity contribution in [3.8, 4) is 0 Å². The fourth-order valence-electron chi connectivity index (χ4n) is 2.18. The van der Waals surface area contributed by atoms with E-state index in [1.54, 1.807) is 24.3 Å². The normalized spacial score (nSPS) is 11.5. The molecule has 0 spiro atoms. The Kier molecular flexibility index (Phi) is 9.32. The first-order valence-electron chi connectivity index (χ1n) is 8.27. The minimum absolute atomic E-state index is 0.0927. The molecule has 2 aromatic rings. The Morgan fingerprint density at radius 2 is 1.35 bits per heavy atom. The molecule has 0 atom stereocenters. The van der Waals surface area contributed by atoms with Crippen molar-refractivity contribution in [3.05, 3.63) is 69.7 Å². The van der Waals surface area contributed by atoms with Crippen LogP contribution in [-0.4, -0.2) is 28.8 Å². The number of ether oxygens (including phenoxy) is 1. The first-order chi connectivity index (χ1) is 14.2. The van der Waals surface area contributed by atoms with E-state index >= 15 is 0 Å². The fourth-order valence-corrected chi connectivity index (χ4v) is 2.39. The lowest BCUT2D eigenvalue weighted by Crippen LogP contribution is -2.12. The highest BCUT2D eigenvalue weighted by Gasteiger charge is 2.36. The van der Waals surface area contributed by atoms with Gasteiger partial charge in [-0.05, 0) is 47.9 Å². The summed E-state index contributed by atoms with van der Waals surface area (Å²) in [6.07, 6.45) is -9.29. The maximum Gasteiger partial charge on any atom is 0.416 e. The highest BCUT2D eigenvalue weighted by molar-refractivity contribution is 6.30. The van der Waals surface area contributed by atoms with Crippen molar-refractivity contribution in [1.82, 2.24) is 0 Å². The van der Waals surface area contributed by atoms with Gasteiger partial charge in [-0.3, -0.25) is 0 Å². The molecular weight excluding hydrogens is 458 g/mol. The number of hydrogen-bond acceptors (Lipinski definition) is 3. The molecule has 0 fully saturated rings. The zero-order chi connectivity index (χ0) is 23.8. The van der Waals surface area contributed by atoms with Crippen LogP contribution in [-0.2, 0) is 39.7 Å². The molecule has 0 saturated heterocycles. The van der Waals surface area contributed by atoms with Crippen LogP contribution in [0.25, 0.3) is 0 Å². The van der Waals surface area contributed by atoms with E-state index in [9.17, 15) is 26.3 Å². The summed E-state index contributed by atoms with van der Waals surface area (Å²) in [7, 11) is 0. The average Bonchev–Trinajstić information content (AvgIpc) is 2.64. The number of alkyl halides is 6. The second kappa shape index (κ2) is 11.0. The van der Waals surface area contributed by atoms with Crippen LogP contribution in [0.4, 0.5) is 26.3 Å². The largest absolute Gasteiger partial charge is 0.473 e. The molecule has 0 aliphatic heterocycles. The summed E-state index contributed by atoms with van der Waals surface area (Å²) in [4.78, 5) is 18.2. The van der Waals surface area contributed by atoms with Crippen molar-refractivity contribution in [2.75, 3.05) is 6.61 Å². The van der Waals surface area contributed by atoms with Gasteiger partial charge in [0.15, 0.2) is 0 Å². The van der Waals surface area contributed by atoms with E-state index in [0.29, 0.717) is 23.6 Å². The minimum atomic E-state index is -4.86. The van der Waals surface area contributed by atoms with Gasteiger partial charge in [0, 0.05) is 5.02 Å². The maximum absolute atomic E-state index is 12.8. The van der Waals surface area contributed by atoms with Gasteiger partial charge in [-0.15, -0.1) is 0 Å². The predicted octanol–water partition coefficient (Wildman–Crippen LogP) is 5.29. The summed E-state index contributed by atoms with van der Waals surface area (Å²) >= 11 is 5.82. The highest BCUT2D eigenvalue weighted by atomic mass is 35.5. The standard InChI is InChI=1S/C17H13ClF6O.C2H2O4/c18-15-3-1-2-11(8-15)4-5-25-10-12-6-13(16(19,20)21)9-14(7-12)17(22,23)24;3-1(4)2(5)6/h1-3,6-9H,4-5,10H2;(H,3,4)(H,5,6). The van der Waals surface area contributed by atoms with Crippen molar-refractivity contribution >= 4 is 23.5 Å². The lowest BCUT2D eigenvalue weighted by molar-refractivity contribution is -0.159. The average molecular weight is 473 g/mol. The Labute approximate surface area is 176 Å². The zero-order valence-corrected chi connectivity index (χ0v) is 16.2. The third-order valence-corrected chi connectivity index (χ3v) is 3.76. The smallest absolute Gasteiger partial charge is 0.416 e. The van der Waals surface area contributed by atoms with Gasteiger partial charge in [0.2, 0.25) is 0 Å². The summed E-state index contributed by atoms with van der Waals surface area (Å²) < 4.78 is 81.8. The lowest BCUT2D eigenvalue weighted by Gasteiger charge is -2.14. The SMILES string of the molecule is FC(F)(F)c1cc(COCCc2cccc(Cl)c2)cc(C(F)(F)F)c1.O=C(O)C(=O)O. The van der Waals surface area contributed by atoms with Gasteiger partial charge in [0.25, 0.3) is 0 Å². The predicted molar refractivity (Wildman–Crippen MR) is 96.5 cm³/mol. The first kappa shape index (κ1) is 26.2. The molecule has 0 heterocycles. The maximum atomic E-state index is 12.8. The minimum Gasteiger partial charge on any atom is -0.473 e. The van der Waals surface area contributed by atoms with Crippen LogP contribution >= 0.6 is 11.6 Å². The molecule has 0 amide bonds. The molecule has 12 heteroatoms. The van der Waals surface area contributed by atoms with E-state index in [-0.39, 0.29) is 24.8 Å². The van der Waals surface area contributed by atoms with E-state index in [1.165, 1.54) is 0 Å². The summed E-state index contributed by atoms with van der Waals surface area (Å²) in [5.41, 5.74) is -2.03. The van der Waals surface area contributed by atoms with E-state index in [4.69, 9.17) is 36.1 Å². The van der Waals surface area contributed by atoms with Crippen molar-refractivity contribution in [2.24, 2.45) is 0 Å². The van der Waals surface area contributed by atoms with Crippen LogP contribution in [0, 0.1) is 0 Å². The van der Waals surface area contributed by atoms with Crippen molar-refractivity contribution in [1.29, 1.82) is 0 Å². The summed E-state index contributed by atoms with van der Waals surface area (Å²) in [5, 5.41) is 15.3. The van der Waals surface area contributed by atoms with Crippen LogP contribution in [0.5, 0.6) is 0 Å². The Hall–Kier alpha value is -2.79. The quantitative estimate of drug-likeness (QED) is 0.351. The summed E-state index contributed by atoms with van der Waals surface area (Å²) in [5.74, 6) is -3.65. The molecule has 31 heavy (non-hydrogen) atoms. The molecule has 2 rings (SSSR count). The summed E-state index contributed by atoms with van der Waals surface area (Å²) in [6.45, 7) is -0.217. The Bertz CT molecular complexity index is 867. The number of benzene rings is 2. The number of carboxylic acid groups (broad SMARTS) is 2. The van der Waals surface area contributed by atoms with E-state index in [2.05, 4.69) is 0 Å². The zero-order valence-electron chi connectivity index (χ0n) is 15.4. The molecule has 0 aromatic heterocycles. The topological polar surface area (TPSA) is 83.8 Å². The van der Waals surface area contributed by atoms with Crippen LogP contribution in [0.1, 0.15) is 22.3 Å². The second-order valence-electron chi connectivity index (χ2n) is 5.96. The molecule has 0 bridgehead atoms. The molecule has 5 nitrogen and oxygen atoms in total. The number of hydrogen-bond donors (Lipinski definition) is 2. The van der Waals surface area contributed by atoms with Gasteiger partial charge in [-0.1, -0.05) is 23.7 Å². The molecule has 2 aromatic carbocycles. The van der Waals surface area contributed by atoms with Gasteiger partial charge in [-0.2, -0.15) is 26.3 Å². The second-order valence-corrected chi connectivity index (χ2v) is 6.39. The Morgan fingerprint density at radius 1 is 0.839 bits per heavy atom. The molecular formula is C19H15ClF6O5. The molecule has 0 unspecified atom stereocenters. The van der Waals surface area contributed by atoms with E-state index < -0.39 is 35.4 Å². The Balaban J connectivity index is 0.000000703.